The van der Waals surface area contributed by atoms with E-state index in [0.717, 1.165) is 25.1 Å². The Morgan fingerprint density at radius 1 is 1.43 bits per heavy atom. The van der Waals surface area contributed by atoms with Gasteiger partial charge in [-0.3, -0.25) is 9.89 Å². The van der Waals surface area contributed by atoms with E-state index in [0.29, 0.717) is 22.2 Å². The zero-order chi connectivity index (χ0) is 15.5. The second-order valence-corrected chi connectivity index (χ2v) is 6.16. The number of aromatic amines is 1. The van der Waals surface area contributed by atoms with Crippen LogP contribution in [0.1, 0.15) is 23.7 Å². The molecule has 2 atom stereocenters. The number of hydrogen-bond donors (Lipinski definition) is 3. The summed E-state index contributed by atoms with van der Waals surface area (Å²) in [6.07, 6.45) is 2.51. The van der Waals surface area contributed by atoms with Crippen LogP contribution in [0.3, 0.4) is 0 Å². The van der Waals surface area contributed by atoms with E-state index in [1.807, 2.05) is 18.2 Å². The first-order chi connectivity index (χ1) is 10.6. The third kappa shape index (κ3) is 4.05. The number of amides is 1. The van der Waals surface area contributed by atoms with E-state index in [2.05, 4.69) is 27.8 Å². The van der Waals surface area contributed by atoms with Gasteiger partial charge in [0, 0.05) is 16.6 Å². The molecule has 1 aliphatic rings. The second kappa shape index (κ2) is 7.81. The average molecular weight is 355 g/mol. The summed E-state index contributed by atoms with van der Waals surface area (Å²) in [7, 11) is 0. The molecule has 5 nitrogen and oxygen atoms in total. The fourth-order valence-electron chi connectivity index (χ4n) is 2.80. The highest BCUT2D eigenvalue weighted by Crippen LogP contribution is 2.24. The molecule has 1 saturated heterocycles. The number of halogens is 2. The predicted octanol–water partition coefficient (Wildman–Crippen LogP) is 2.88. The zero-order valence-corrected chi connectivity index (χ0v) is 14.4. The Hall–Kier alpha value is -1.56. The number of aromatic nitrogens is 2. The second-order valence-electron chi connectivity index (χ2n) is 5.72. The van der Waals surface area contributed by atoms with Crippen molar-refractivity contribution in [2.24, 2.45) is 5.92 Å². The molecule has 1 aliphatic heterocycles. The lowest BCUT2D eigenvalue weighted by Gasteiger charge is -2.30. The Balaban J connectivity index is 0.00000192. The Morgan fingerprint density at radius 3 is 3.00 bits per heavy atom. The molecule has 2 heterocycles. The van der Waals surface area contributed by atoms with Crippen LogP contribution in [0.25, 0.3) is 11.3 Å². The molecule has 1 aromatic carbocycles. The van der Waals surface area contributed by atoms with Gasteiger partial charge in [-0.05, 0) is 37.6 Å². The average Bonchev–Trinajstić information content (AvgIpc) is 2.99. The van der Waals surface area contributed by atoms with Crippen LogP contribution >= 0.6 is 24.0 Å². The molecular weight excluding hydrogens is 335 g/mol. The Morgan fingerprint density at radius 2 is 2.26 bits per heavy atom. The molecule has 7 heteroatoms. The van der Waals surface area contributed by atoms with E-state index < -0.39 is 0 Å². The summed E-state index contributed by atoms with van der Waals surface area (Å²) >= 11 is 6.03. The van der Waals surface area contributed by atoms with Gasteiger partial charge in [0.05, 0.1) is 17.5 Å². The van der Waals surface area contributed by atoms with Gasteiger partial charge < -0.3 is 10.6 Å². The van der Waals surface area contributed by atoms with Crippen molar-refractivity contribution in [1.29, 1.82) is 0 Å². The van der Waals surface area contributed by atoms with E-state index in [-0.39, 0.29) is 24.4 Å². The molecule has 0 saturated carbocycles. The van der Waals surface area contributed by atoms with Gasteiger partial charge in [-0.15, -0.1) is 12.4 Å². The summed E-state index contributed by atoms with van der Waals surface area (Å²) in [6.45, 7) is 4.00. The van der Waals surface area contributed by atoms with E-state index >= 15 is 0 Å². The number of carbonyl (C=O) groups excluding carboxylic acids is 1. The zero-order valence-electron chi connectivity index (χ0n) is 12.8. The summed E-state index contributed by atoms with van der Waals surface area (Å²) in [4.78, 5) is 12.6. The largest absolute Gasteiger partial charge is 0.349 e. The molecule has 124 valence electrons. The smallest absolute Gasteiger partial charge is 0.255 e. The van der Waals surface area contributed by atoms with Crippen molar-refractivity contribution < 1.29 is 4.79 Å². The van der Waals surface area contributed by atoms with Crippen LogP contribution in [0, 0.1) is 5.92 Å². The predicted molar refractivity (Wildman–Crippen MR) is 94.2 cm³/mol. The van der Waals surface area contributed by atoms with E-state index in [4.69, 9.17) is 11.6 Å². The number of hydrogen-bond acceptors (Lipinski definition) is 3. The first-order valence-corrected chi connectivity index (χ1v) is 7.84. The van der Waals surface area contributed by atoms with Gasteiger partial charge in [-0.1, -0.05) is 30.7 Å². The third-order valence-electron chi connectivity index (χ3n) is 4.10. The van der Waals surface area contributed by atoms with Gasteiger partial charge >= 0.3 is 0 Å². The minimum atomic E-state index is -0.0949. The number of benzene rings is 1. The van der Waals surface area contributed by atoms with Gasteiger partial charge in [-0.2, -0.15) is 5.10 Å². The molecule has 1 aromatic heterocycles. The maximum absolute atomic E-state index is 12.6. The highest BCUT2D eigenvalue weighted by atomic mass is 35.5. The molecular formula is C16H20Cl2N4O. The molecule has 1 fully saturated rings. The topological polar surface area (TPSA) is 69.8 Å². The van der Waals surface area contributed by atoms with Gasteiger partial charge in [0.1, 0.15) is 0 Å². The molecule has 0 radical (unpaired) electrons. The highest BCUT2D eigenvalue weighted by Gasteiger charge is 2.24. The van der Waals surface area contributed by atoms with Crippen LogP contribution in [0.15, 0.2) is 30.5 Å². The molecule has 0 spiro atoms. The number of piperidine rings is 1. The van der Waals surface area contributed by atoms with Gasteiger partial charge in [0.25, 0.3) is 5.91 Å². The van der Waals surface area contributed by atoms with Crippen LogP contribution in [-0.4, -0.2) is 35.2 Å². The van der Waals surface area contributed by atoms with Crippen LogP contribution in [0.5, 0.6) is 0 Å². The first kappa shape index (κ1) is 17.8. The Labute approximate surface area is 146 Å². The summed E-state index contributed by atoms with van der Waals surface area (Å²) < 4.78 is 0. The highest BCUT2D eigenvalue weighted by molar-refractivity contribution is 6.30. The van der Waals surface area contributed by atoms with Crippen LogP contribution in [0.2, 0.25) is 5.02 Å². The van der Waals surface area contributed by atoms with Crippen molar-refractivity contribution in [2.45, 2.75) is 19.4 Å². The van der Waals surface area contributed by atoms with Crippen molar-refractivity contribution in [3.05, 3.63) is 41.0 Å². The van der Waals surface area contributed by atoms with E-state index in [1.165, 1.54) is 0 Å². The minimum Gasteiger partial charge on any atom is -0.349 e. The SMILES string of the molecule is CC1CNCCC1NC(=O)c1cn[nH]c1-c1cccc(Cl)c1.Cl. The molecule has 1 amide bonds. The van der Waals surface area contributed by atoms with Crippen LogP contribution in [0.4, 0.5) is 0 Å². The van der Waals surface area contributed by atoms with Crippen molar-refractivity contribution in [3.8, 4) is 11.3 Å². The number of rotatable bonds is 3. The van der Waals surface area contributed by atoms with Gasteiger partial charge in [0.2, 0.25) is 0 Å². The lowest BCUT2D eigenvalue weighted by molar-refractivity contribution is 0.0915. The monoisotopic (exact) mass is 354 g/mol. The lowest BCUT2D eigenvalue weighted by atomic mass is 9.95. The standard InChI is InChI=1S/C16H19ClN4O.ClH/c1-10-8-18-6-5-14(10)20-16(22)13-9-19-21-15(13)11-3-2-4-12(17)7-11;/h2-4,7,9-10,14,18H,5-6,8H2,1H3,(H,19,21)(H,20,22);1H. The molecule has 23 heavy (non-hydrogen) atoms. The molecule has 0 bridgehead atoms. The van der Waals surface area contributed by atoms with Crippen molar-refractivity contribution >= 4 is 29.9 Å². The minimum absolute atomic E-state index is 0. The quantitative estimate of drug-likeness (QED) is 0.793. The van der Waals surface area contributed by atoms with Crippen LogP contribution < -0.4 is 10.6 Å². The lowest BCUT2D eigenvalue weighted by Crippen LogP contribution is -2.48. The molecule has 0 aliphatic carbocycles. The van der Waals surface area contributed by atoms with Crippen molar-refractivity contribution in [2.75, 3.05) is 13.1 Å². The summed E-state index contributed by atoms with van der Waals surface area (Å²) in [6, 6.07) is 7.57. The number of carbonyl (C=O) groups is 1. The Bertz CT molecular complexity index is 674. The van der Waals surface area contributed by atoms with Crippen LogP contribution in [-0.2, 0) is 0 Å². The van der Waals surface area contributed by atoms with Crippen molar-refractivity contribution in [1.82, 2.24) is 20.8 Å². The van der Waals surface area contributed by atoms with Crippen molar-refractivity contribution in [3.63, 3.8) is 0 Å². The number of H-pyrrole nitrogens is 1. The molecule has 2 unspecified atom stereocenters. The number of nitrogens with zero attached hydrogens (tertiary/aromatic N) is 1. The van der Waals surface area contributed by atoms with Gasteiger partial charge in [0.15, 0.2) is 0 Å². The van der Waals surface area contributed by atoms with Gasteiger partial charge in [-0.25, -0.2) is 0 Å². The molecule has 3 N–H and O–H groups in total. The molecule has 3 rings (SSSR count). The first-order valence-electron chi connectivity index (χ1n) is 7.46. The molecule has 2 aromatic rings. The van der Waals surface area contributed by atoms with E-state index in [1.54, 1.807) is 12.3 Å². The fourth-order valence-corrected chi connectivity index (χ4v) is 2.99. The maximum atomic E-state index is 12.6. The Kier molecular flexibility index (Phi) is 6.04. The van der Waals surface area contributed by atoms with E-state index in [9.17, 15) is 4.79 Å². The summed E-state index contributed by atoms with van der Waals surface area (Å²) in [5.74, 6) is 0.321. The third-order valence-corrected chi connectivity index (χ3v) is 4.33. The summed E-state index contributed by atoms with van der Waals surface area (Å²) in [5.41, 5.74) is 2.10. The maximum Gasteiger partial charge on any atom is 0.255 e. The summed E-state index contributed by atoms with van der Waals surface area (Å²) in [5, 5.41) is 14.0. The number of nitrogens with one attached hydrogen (secondary N) is 3. The fraction of sp³-hybridized carbons (Fsp3) is 0.375. The normalized spacial score (nSPS) is 20.6.